The van der Waals surface area contributed by atoms with Gasteiger partial charge in [0.1, 0.15) is 5.76 Å². The number of aliphatic hydroxyl groups excluding tert-OH is 1. The van der Waals surface area contributed by atoms with E-state index < -0.39 is 10.8 Å². The minimum Gasteiger partial charge on any atom is -0.507 e. The number of aliphatic hydroxyl groups is 1. The van der Waals surface area contributed by atoms with Gasteiger partial charge in [-0.25, -0.2) is 0 Å². The third-order valence-corrected chi connectivity index (χ3v) is 2.99. The minimum atomic E-state index is -0.579. The second-order valence-electron chi connectivity index (χ2n) is 4.43. The molecule has 1 aromatic carbocycles. The van der Waals surface area contributed by atoms with Gasteiger partial charge in [-0.2, -0.15) is 0 Å². The van der Waals surface area contributed by atoms with Crippen LogP contribution in [-0.2, 0) is 4.79 Å². The van der Waals surface area contributed by atoms with E-state index in [1.165, 1.54) is 18.2 Å². The number of non-ortho nitro benzene ring substituents is 1. The Balaban J connectivity index is 3.04. The molecular weight excluding hydrogens is 296 g/mol. The van der Waals surface area contributed by atoms with Crippen LogP contribution in [0.2, 0.25) is 5.02 Å². The Morgan fingerprint density at radius 1 is 1.43 bits per heavy atom. The van der Waals surface area contributed by atoms with Gasteiger partial charge < -0.3 is 10.4 Å². The van der Waals surface area contributed by atoms with E-state index >= 15 is 0 Å². The fraction of sp³-hybridized carbons (Fsp3) is 0.214. The third kappa shape index (κ3) is 4.06. The molecule has 0 spiro atoms. The molecule has 0 saturated heterocycles. The Morgan fingerprint density at radius 2 is 2.05 bits per heavy atom. The summed E-state index contributed by atoms with van der Waals surface area (Å²) in [5, 5.41) is 23.0. The SMILES string of the molecule is C/C=C(/C(=O)Nc1ccc([N+](=O)[O-])cc1Cl)C(O)=C(C)C. The highest BCUT2D eigenvalue weighted by atomic mass is 35.5. The number of anilines is 1. The Labute approximate surface area is 126 Å². The van der Waals surface area contributed by atoms with Crippen molar-refractivity contribution in [1.82, 2.24) is 0 Å². The first kappa shape index (κ1) is 16.7. The van der Waals surface area contributed by atoms with Gasteiger partial charge in [-0.05, 0) is 32.4 Å². The van der Waals surface area contributed by atoms with Crippen molar-refractivity contribution in [1.29, 1.82) is 0 Å². The molecule has 0 bridgehead atoms. The summed E-state index contributed by atoms with van der Waals surface area (Å²) in [4.78, 5) is 22.1. The number of carbonyl (C=O) groups excluding carboxylic acids is 1. The van der Waals surface area contributed by atoms with Gasteiger partial charge in [-0.15, -0.1) is 0 Å². The maximum Gasteiger partial charge on any atom is 0.271 e. The van der Waals surface area contributed by atoms with Crippen LogP contribution < -0.4 is 5.32 Å². The van der Waals surface area contributed by atoms with E-state index in [4.69, 9.17) is 11.6 Å². The van der Waals surface area contributed by atoms with E-state index in [9.17, 15) is 20.0 Å². The van der Waals surface area contributed by atoms with Crippen molar-refractivity contribution in [2.45, 2.75) is 20.8 Å². The molecule has 1 amide bonds. The fourth-order valence-electron chi connectivity index (χ4n) is 1.55. The lowest BCUT2D eigenvalue weighted by Crippen LogP contribution is -2.16. The summed E-state index contributed by atoms with van der Waals surface area (Å²) in [6.45, 7) is 4.96. The summed E-state index contributed by atoms with van der Waals surface area (Å²) in [6.07, 6.45) is 1.47. The molecule has 0 aromatic heterocycles. The molecule has 112 valence electrons. The summed E-state index contributed by atoms with van der Waals surface area (Å²) in [7, 11) is 0. The van der Waals surface area contributed by atoms with E-state index in [2.05, 4.69) is 5.32 Å². The first-order valence-corrected chi connectivity index (χ1v) is 6.44. The Bertz CT molecular complexity index is 646. The number of rotatable bonds is 4. The van der Waals surface area contributed by atoms with Crippen LogP contribution in [0.5, 0.6) is 0 Å². The number of hydrogen-bond donors (Lipinski definition) is 2. The van der Waals surface area contributed by atoms with E-state index in [0.29, 0.717) is 5.57 Å². The Kier molecular flexibility index (Phi) is 5.49. The largest absolute Gasteiger partial charge is 0.507 e. The number of carbonyl (C=O) groups is 1. The van der Waals surface area contributed by atoms with Crippen LogP contribution in [0, 0.1) is 10.1 Å². The first-order chi connectivity index (χ1) is 9.77. The molecule has 2 N–H and O–H groups in total. The van der Waals surface area contributed by atoms with E-state index in [1.54, 1.807) is 20.8 Å². The lowest BCUT2D eigenvalue weighted by Gasteiger charge is -2.10. The summed E-state index contributed by atoms with van der Waals surface area (Å²) >= 11 is 5.89. The molecule has 0 radical (unpaired) electrons. The van der Waals surface area contributed by atoms with Crippen molar-refractivity contribution in [3.8, 4) is 0 Å². The zero-order chi connectivity index (χ0) is 16.2. The normalized spacial score (nSPS) is 11.0. The van der Waals surface area contributed by atoms with Crippen molar-refractivity contribution in [2.75, 3.05) is 5.32 Å². The molecular formula is C14H15ClN2O4. The Morgan fingerprint density at radius 3 is 2.48 bits per heavy atom. The van der Waals surface area contributed by atoms with Crippen LogP contribution in [0.25, 0.3) is 0 Å². The molecule has 21 heavy (non-hydrogen) atoms. The van der Waals surface area contributed by atoms with Crippen LogP contribution in [0.3, 0.4) is 0 Å². The highest BCUT2D eigenvalue weighted by molar-refractivity contribution is 6.34. The highest BCUT2D eigenvalue weighted by Gasteiger charge is 2.17. The van der Waals surface area contributed by atoms with Crippen LogP contribution in [0.4, 0.5) is 11.4 Å². The minimum absolute atomic E-state index is 0.0460. The molecule has 0 aliphatic carbocycles. The quantitative estimate of drug-likeness (QED) is 0.289. The monoisotopic (exact) mass is 310 g/mol. The number of allylic oxidation sites excluding steroid dienone is 2. The number of nitro benzene ring substituents is 1. The number of halogens is 1. The molecule has 0 unspecified atom stereocenters. The topological polar surface area (TPSA) is 92.5 Å². The first-order valence-electron chi connectivity index (χ1n) is 6.06. The van der Waals surface area contributed by atoms with E-state index in [1.807, 2.05) is 0 Å². The summed E-state index contributed by atoms with van der Waals surface area (Å²) in [6, 6.07) is 3.72. The molecule has 0 heterocycles. The van der Waals surface area contributed by atoms with Gasteiger partial charge in [0.25, 0.3) is 11.6 Å². The van der Waals surface area contributed by atoms with Crippen molar-refractivity contribution >= 4 is 28.9 Å². The Hall–Kier alpha value is -2.34. The summed E-state index contributed by atoms with van der Waals surface area (Å²) < 4.78 is 0. The van der Waals surface area contributed by atoms with Crippen molar-refractivity contribution in [3.63, 3.8) is 0 Å². The predicted octanol–water partition coefficient (Wildman–Crippen LogP) is 3.98. The maximum atomic E-state index is 12.1. The average Bonchev–Trinajstić information content (AvgIpc) is 2.41. The number of nitro groups is 1. The lowest BCUT2D eigenvalue weighted by molar-refractivity contribution is -0.384. The van der Waals surface area contributed by atoms with Gasteiger partial charge in [0.05, 0.1) is 21.2 Å². The van der Waals surface area contributed by atoms with E-state index in [-0.39, 0.29) is 27.7 Å². The summed E-state index contributed by atoms with van der Waals surface area (Å²) in [5.41, 5.74) is 0.752. The van der Waals surface area contributed by atoms with Gasteiger partial charge in [-0.1, -0.05) is 17.7 Å². The molecule has 7 heteroatoms. The van der Waals surface area contributed by atoms with Crippen molar-refractivity contribution in [3.05, 3.63) is 56.3 Å². The van der Waals surface area contributed by atoms with Gasteiger partial charge in [0.15, 0.2) is 0 Å². The van der Waals surface area contributed by atoms with Crippen LogP contribution >= 0.6 is 11.6 Å². The number of amides is 1. The number of hydrogen-bond acceptors (Lipinski definition) is 4. The van der Waals surface area contributed by atoms with Crippen LogP contribution in [0.1, 0.15) is 20.8 Å². The molecule has 6 nitrogen and oxygen atoms in total. The zero-order valence-electron chi connectivity index (χ0n) is 11.8. The predicted molar refractivity (Wildman–Crippen MR) is 81.5 cm³/mol. The standard InChI is InChI=1S/C14H15ClN2O4/c1-4-10(13(18)8(2)3)14(19)16-12-6-5-9(17(20)21)7-11(12)15/h4-7,18H,1-3H3,(H,16,19)/b10-4+. The number of nitrogens with one attached hydrogen (secondary N) is 1. The molecule has 0 fully saturated rings. The summed E-state index contributed by atoms with van der Waals surface area (Å²) in [5.74, 6) is -0.667. The molecule has 1 rings (SSSR count). The number of benzene rings is 1. The highest BCUT2D eigenvalue weighted by Crippen LogP contribution is 2.27. The van der Waals surface area contributed by atoms with E-state index in [0.717, 1.165) is 6.07 Å². The second-order valence-corrected chi connectivity index (χ2v) is 4.83. The molecule has 0 atom stereocenters. The zero-order valence-corrected chi connectivity index (χ0v) is 12.6. The lowest BCUT2D eigenvalue weighted by atomic mass is 10.1. The van der Waals surface area contributed by atoms with Gasteiger partial charge >= 0.3 is 0 Å². The molecule has 0 saturated carbocycles. The van der Waals surface area contributed by atoms with Crippen molar-refractivity contribution in [2.24, 2.45) is 0 Å². The smallest absolute Gasteiger partial charge is 0.271 e. The molecule has 1 aromatic rings. The second kappa shape index (κ2) is 6.90. The molecule has 0 aliphatic heterocycles. The van der Waals surface area contributed by atoms with Crippen LogP contribution in [0.15, 0.2) is 41.2 Å². The third-order valence-electron chi connectivity index (χ3n) is 2.67. The molecule has 0 aliphatic rings. The van der Waals surface area contributed by atoms with Crippen molar-refractivity contribution < 1.29 is 14.8 Å². The van der Waals surface area contributed by atoms with Gasteiger partial charge in [0, 0.05) is 12.1 Å². The maximum absolute atomic E-state index is 12.1. The van der Waals surface area contributed by atoms with Gasteiger partial charge in [-0.3, -0.25) is 14.9 Å². The number of nitrogens with zero attached hydrogens (tertiary/aromatic N) is 1. The fourth-order valence-corrected chi connectivity index (χ4v) is 1.78. The average molecular weight is 311 g/mol. The van der Waals surface area contributed by atoms with Crippen LogP contribution in [-0.4, -0.2) is 15.9 Å². The van der Waals surface area contributed by atoms with Gasteiger partial charge in [0.2, 0.25) is 0 Å².